The zero-order chi connectivity index (χ0) is 14.8. The molecule has 1 amide bonds. The molecule has 108 valence electrons. The molecule has 0 aromatic heterocycles. The van der Waals surface area contributed by atoms with Gasteiger partial charge in [-0.25, -0.2) is 0 Å². The molecule has 0 spiro atoms. The first-order valence-corrected chi connectivity index (χ1v) is 7.79. The Hall–Kier alpha value is -1.81. The number of hydrogen-bond donors (Lipinski definition) is 1. The van der Waals surface area contributed by atoms with Crippen molar-refractivity contribution in [1.29, 1.82) is 0 Å². The van der Waals surface area contributed by atoms with Crippen molar-refractivity contribution >= 4 is 27.5 Å². The predicted octanol–water partition coefficient (Wildman–Crippen LogP) is 4.13. The largest absolute Gasteiger partial charge is 0.494 e. The minimum atomic E-state index is -0.144. The van der Waals surface area contributed by atoms with E-state index in [0.717, 1.165) is 27.0 Å². The normalized spacial score (nSPS) is 16.5. The van der Waals surface area contributed by atoms with Crippen molar-refractivity contribution in [3.63, 3.8) is 0 Å². The monoisotopic (exact) mass is 345 g/mol. The molecular formula is C17H16BrNO2. The number of carbonyl (C=O) groups is 1. The van der Waals surface area contributed by atoms with Crippen molar-refractivity contribution in [2.75, 3.05) is 11.9 Å². The molecule has 1 heterocycles. The minimum absolute atomic E-state index is 0.0601. The van der Waals surface area contributed by atoms with E-state index < -0.39 is 0 Å². The number of nitrogens with one attached hydrogen (secondary N) is 1. The van der Waals surface area contributed by atoms with Gasteiger partial charge in [0.25, 0.3) is 0 Å². The fraction of sp³-hybridized carbons (Fsp3) is 0.235. The number of fused-ring (bicyclic) bond motifs is 1. The second-order valence-corrected chi connectivity index (χ2v) is 5.87. The van der Waals surface area contributed by atoms with Gasteiger partial charge in [-0.3, -0.25) is 4.79 Å². The molecule has 0 saturated heterocycles. The first-order valence-electron chi connectivity index (χ1n) is 7.00. The van der Waals surface area contributed by atoms with Gasteiger partial charge in [-0.1, -0.05) is 34.1 Å². The quantitative estimate of drug-likeness (QED) is 0.904. The lowest BCUT2D eigenvalue weighted by Crippen LogP contribution is -2.14. The number of anilines is 1. The third-order valence-electron chi connectivity index (χ3n) is 3.66. The Morgan fingerprint density at radius 1 is 1.24 bits per heavy atom. The number of benzene rings is 2. The predicted molar refractivity (Wildman–Crippen MR) is 86.8 cm³/mol. The highest BCUT2D eigenvalue weighted by molar-refractivity contribution is 9.10. The Balaban J connectivity index is 1.90. The van der Waals surface area contributed by atoms with Crippen molar-refractivity contribution < 1.29 is 9.53 Å². The van der Waals surface area contributed by atoms with E-state index in [1.165, 1.54) is 0 Å². The first-order chi connectivity index (χ1) is 10.2. The maximum atomic E-state index is 12.2. The van der Waals surface area contributed by atoms with Crippen LogP contribution in [0, 0.1) is 0 Å². The zero-order valence-corrected chi connectivity index (χ0v) is 13.3. The van der Waals surface area contributed by atoms with E-state index in [2.05, 4.69) is 21.2 Å². The van der Waals surface area contributed by atoms with Gasteiger partial charge < -0.3 is 10.1 Å². The molecule has 1 aliphatic heterocycles. The van der Waals surface area contributed by atoms with Crippen molar-refractivity contribution in [3.8, 4) is 5.75 Å². The van der Waals surface area contributed by atoms with Crippen LogP contribution in [-0.2, 0) is 11.2 Å². The van der Waals surface area contributed by atoms with E-state index in [9.17, 15) is 4.79 Å². The van der Waals surface area contributed by atoms with Crippen LogP contribution in [0.4, 0.5) is 5.69 Å². The second-order valence-electron chi connectivity index (χ2n) is 5.02. The Morgan fingerprint density at radius 2 is 2.05 bits per heavy atom. The molecule has 0 bridgehead atoms. The summed E-state index contributed by atoms with van der Waals surface area (Å²) < 4.78 is 6.54. The molecule has 0 saturated carbocycles. The average Bonchev–Trinajstić information content (AvgIpc) is 2.79. The standard InChI is InChI=1S/C17H16BrNO2/c1-2-21-12-7-8-15(18)11(9-12)10-14-13-5-3-4-6-16(13)19-17(14)20/h3-9,14H,2,10H2,1H3,(H,19,20)/t14-/m1/s1. The van der Waals surface area contributed by atoms with Gasteiger partial charge in [0.15, 0.2) is 0 Å². The summed E-state index contributed by atoms with van der Waals surface area (Å²) in [6.45, 7) is 2.59. The summed E-state index contributed by atoms with van der Waals surface area (Å²) in [5, 5.41) is 2.94. The fourth-order valence-corrected chi connectivity index (χ4v) is 3.07. The van der Waals surface area contributed by atoms with Gasteiger partial charge in [0.2, 0.25) is 5.91 Å². The number of para-hydroxylation sites is 1. The number of carbonyl (C=O) groups excluding carboxylic acids is 1. The summed E-state index contributed by atoms with van der Waals surface area (Å²) in [7, 11) is 0. The molecule has 1 N–H and O–H groups in total. The van der Waals surface area contributed by atoms with Gasteiger partial charge in [0.1, 0.15) is 5.75 Å². The van der Waals surface area contributed by atoms with Crippen molar-refractivity contribution in [3.05, 3.63) is 58.1 Å². The van der Waals surface area contributed by atoms with Crippen LogP contribution in [0.1, 0.15) is 24.0 Å². The topological polar surface area (TPSA) is 38.3 Å². The summed E-state index contributed by atoms with van der Waals surface area (Å²) in [6, 6.07) is 13.8. The molecule has 1 atom stereocenters. The lowest BCUT2D eigenvalue weighted by molar-refractivity contribution is -0.117. The van der Waals surface area contributed by atoms with Gasteiger partial charge >= 0.3 is 0 Å². The molecule has 21 heavy (non-hydrogen) atoms. The van der Waals surface area contributed by atoms with Crippen LogP contribution >= 0.6 is 15.9 Å². The third kappa shape index (κ3) is 2.81. The molecule has 0 fully saturated rings. The Labute approximate surface area is 132 Å². The van der Waals surface area contributed by atoms with E-state index in [1.807, 2.05) is 49.4 Å². The highest BCUT2D eigenvalue weighted by atomic mass is 79.9. The smallest absolute Gasteiger partial charge is 0.232 e. The van der Waals surface area contributed by atoms with E-state index in [0.29, 0.717) is 13.0 Å². The molecule has 3 nitrogen and oxygen atoms in total. The van der Waals surface area contributed by atoms with Gasteiger partial charge in [0, 0.05) is 10.2 Å². The fourth-order valence-electron chi connectivity index (χ4n) is 2.66. The zero-order valence-electron chi connectivity index (χ0n) is 11.7. The number of hydrogen-bond acceptors (Lipinski definition) is 2. The van der Waals surface area contributed by atoms with Crippen LogP contribution in [0.15, 0.2) is 46.9 Å². The summed E-state index contributed by atoms with van der Waals surface area (Å²) in [5.41, 5.74) is 3.07. The number of rotatable bonds is 4. The summed E-state index contributed by atoms with van der Waals surface area (Å²) in [6.07, 6.45) is 0.657. The van der Waals surface area contributed by atoms with Crippen LogP contribution in [0.2, 0.25) is 0 Å². The SMILES string of the molecule is CCOc1ccc(Br)c(C[C@H]2C(=O)Nc3ccccc32)c1. The van der Waals surface area contributed by atoms with E-state index >= 15 is 0 Å². The molecule has 4 heteroatoms. The molecule has 3 rings (SSSR count). The maximum absolute atomic E-state index is 12.2. The van der Waals surface area contributed by atoms with Crippen LogP contribution in [0.5, 0.6) is 5.75 Å². The Kier molecular flexibility index (Phi) is 3.97. The van der Waals surface area contributed by atoms with Crippen molar-refractivity contribution in [2.24, 2.45) is 0 Å². The van der Waals surface area contributed by atoms with Crippen LogP contribution in [-0.4, -0.2) is 12.5 Å². The molecule has 0 radical (unpaired) electrons. The number of ether oxygens (including phenoxy) is 1. The molecule has 2 aromatic carbocycles. The first kappa shape index (κ1) is 14.1. The van der Waals surface area contributed by atoms with Crippen LogP contribution in [0.3, 0.4) is 0 Å². The van der Waals surface area contributed by atoms with E-state index in [4.69, 9.17) is 4.74 Å². The minimum Gasteiger partial charge on any atom is -0.494 e. The lowest BCUT2D eigenvalue weighted by Gasteiger charge is -2.12. The van der Waals surface area contributed by atoms with Gasteiger partial charge in [-0.15, -0.1) is 0 Å². The van der Waals surface area contributed by atoms with Gasteiger partial charge in [-0.2, -0.15) is 0 Å². The van der Waals surface area contributed by atoms with Crippen molar-refractivity contribution in [1.82, 2.24) is 0 Å². The molecule has 1 aliphatic rings. The Bertz CT molecular complexity index is 684. The number of amides is 1. The third-order valence-corrected chi connectivity index (χ3v) is 4.44. The van der Waals surface area contributed by atoms with Crippen LogP contribution in [0.25, 0.3) is 0 Å². The summed E-state index contributed by atoms with van der Waals surface area (Å²) in [5.74, 6) is 0.752. The van der Waals surface area contributed by atoms with E-state index in [1.54, 1.807) is 0 Å². The van der Waals surface area contributed by atoms with Gasteiger partial charge in [-0.05, 0) is 48.7 Å². The summed E-state index contributed by atoms with van der Waals surface area (Å²) in [4.78, 5) is 12.2. The lowest BCUT2D eigenvalue weighted by atomic mass is 9.93. The molecule has 0 unspecified atom stereocenters. The second kappa shape index (κ2) is 5.90. The highest BCUT2D eigenvalue weighted by Gasteiger charge is 2.30. The van der Waals surface area contributed by atoms with Gasteiger partial charge in [0.05, 0.1) is 12.5 Å². The average molecular weight is 346 g/mol. The highest BCUT2D eigenvalue weighted by Crippen LogP contribution is 2.36. The van der Waals surface area contributed by atoms with Crippen LogP contribution < -0.4 is 10.1 Å². The Morgan fingerprint density at radius 3 is 2.86 bits per heavy atom. The van der Waals surface area contributed by atoms with Crippen molar-refractivity contribution in [2.45, 2.75) is 19.3 Å². The number of halogens is 1. The van der Waals surface area contributed by atoms with E-state index in [-0.39, 0.29) is 11.8 Å². The molecule has 2 aromatic rings. The molecule has 0 aliphatic carbocycles. The maximum Gasteiger partial charge on any atom is 0.232 e. The molecular weight excluding hydrogens is 330 g/mol. The summed E-state index contributed by atoms with van der Waals surface area (Å²) >= 11 is 3.56.